The van der Waals surface area contributed by atoms with Gasteiger partial charge < -0.3 is 5.73 Å². The molecule has 1 fully saturated rings. The first kappa shape index (κ1) is 14.1. The Bertz CT molecular complexity index is 443. The van der Waals surface area contributed by atoms with Crippen LogP contribution in [-0.2, 0) is 6.42 Å². The lowest BCUT2D eigenvalue weighted by Gasteiger charge is -2.43. The van der Waals surface area contributed by atoms with Gasteiger partial charge in [0.1, 0.15) is 0 Å². The van der Waals surface area contributed by atoms with Gasteiger partial charge in [-0.1, -0.05) is 44.0 Å². The van der Waals surface area contributed by atoms with Crippen molar-refractivity contribution in [1.29, 1.82) is 0 Å². The van der Waals surface area contributed by atoms with Crippen LogP contribution in [0.25, 0.3) is 0 Å². The molecule has 3 atom stereocenters. The highest BCUT2D eigenvalue weighted by atomic mass is 15.2. The summed E-state index contributed by atoms with van der Waals surface area (Å²) in [6.45, 7) is 5.57. The van der Waals surface area contributed by atoms with Crippen molar-refractivity contribution in [2.75, 3.05) is 19.6 Å². The van der Waals surface area contributed by atoms with E-state index in [0.29, 0.717) is 0 Å². The molecule has 2 aliphatic rings. The monoisotopic (exact) mass is 272 g/mol. The van der Waals surface area contributed by atoms with Crippen LogP contribution in [0.5, 0.6) is 0 Å². The number of nitrogens with zero attached hydrogens (tertiary/aromatic N) is 1. The Labute approximate surface area is 123 Å². The van der Waals surface area contributed by atoms with Gasteiger partial charge in [-0.2, -0.15) is 0 Å². The molecule has 0 radical (unpaired) electrons. The highest BCUT2D eigenvalue weighted by Crippen LogP contribution is 2.37. The van der Waals surface area contributed by atoms with Gasteiger partial charge in [0.25, 0.3) is 0 Å². The third-order valence-corrected chi connectivity index (χ3v) is 5.46. The first-order valence-corrected chi connectivity index (χ1v) is 8.35. The molecule has 0 heterocycles. The van der Waals surface area contributed by atoms with Crippen LogP contribution in [-0.4, -0.2) is 30.6 Å². The van der Waals surface area contributed by atoms with Gasteiger partial charge in [-0.3, -0.25) is 4.90 Å². The summed E-state index contributed by atoms with van der Waals surface area (Å²) in [6, 6.07) is 9.68. The van der Waals surface area contributed by atoms with E-state index in [0.717, 1.165) is 24.4 Å². The lowest BCUT2D eigenvalue weighted by atomic mass is 9.76. The van der Waals surface area contributed by atoms with Gasteiger partial charge in [0.05, 0.1) is 0 Å². The minimum absolute atomic E-state index is 0.721. The third kappa shape index (κ3) is 2.64. The van der Waals surface area contributed by atoms with Gasteiger partial charge in [-0.25, -0.2) is 0 Å². The van der Waals surface area contributed by atoms with E-state index in [4.69, 9.17) is 5.73 Å². The molecular weight excluding hydrogens is 244 g/mol. The average Bonchev–Trinajstić information content (AvgIpc) is 2.49. The maximum Gasteiger partial charge on any atom is 0.0136 e. The number of hydrogen-bond donors (Lipinski definition) is 1. The lowest BCUT2D eigenvalue weighted by molar-refractivity contribution is 0.103. The number of rotatable bonds is 5. The molecule has 0 spiro atoms. The second-order valence-corrected chi connectivity index (χ2v) is 6.54. The SMILES string of the molecule is CCN(CC1Cc2ccccc21)C1CCCCC1CN. The molecule has 3 rings (SSSR count). The fourth-order valence-electron chi connectivity index (χ4n) is 4.25. The fourth-order valence-corrected chi connectivity index (χ4v) is 4.25. The third-order valence-electron chi connectivity index (χ3n) is 5.46. The summed E-state index contributed by atoms with van der Waals surface area (Å²) >= 11 is 0. The van der Waals surface area contributed by atoms with E-state index in [1.54, 1.807) is 11.1 Å². The summed E-state index contributed by atoms with van der Waals surface area (Å²) in [5.41, 5.74) is 9.16. The van der Waals surface area contributed by atoms with Gasteiger partial charge in [-0.15, -0.1) is 0 Å². The van der Waals surface area contributed by atoms with Crippen LogP contribution >= 0.6 is 0 Å². The van der Waals surface area contributed by atoms with Crippen molar-refractivity contribution in [3.05, 3.63) is 35.4 Å². The molecule has 1 aromatic rings. The normalized spacial score (nSPS) is 29.1. The number of nitrogens with two attached hydrogens (primary N) is 1. The second kappa shape index (κ2) is 6.28. The topological polar surface area (TPSA) is 29.3 Å². The molecule has 0 bridgehead atoms. The van der Waals surface area contributed by atoms with Gasteiger partial charge in [-0.05, 0) is 49.4 Å². The Morgan fingerprint density at radius 3 is 2.75 bits per heavy atom. The standard InChI is InChI=1S/C18H28N2/c1-2-20(18-10-6-4-8-15(18)12-19)13-16-11-14-7-3-5-9-17(14)16/h3,5,7,9,15-16,18H,2,4,6,8,10-13,19H2,1H3. The summed E-state index contributed by atoms with van der Waals surface area (Å²) in [5, 5.41) is 0. The molecule has 0 amide bonds. The van der Waals surface area contributed by atoms with Crippen molar-refractivity contribution in [1.82, 2.24) is 4.90 Å². The Kier molecular flexibility index (Phi) is 4.42. The molecule has 1 saturated carbocycles. The molecule has 2 N–H and O–H groups in total. The summed E-state index contributed by atoms with van der Waals surface area (Å²) in [5.74, 6) is 1.48. The second-order valence-electron chi connectivity index (χ2n) is 6.54. The summed E-state index contributed by atoms with van der Waals surface area (Å²) in [6.07, 6.45) is 6.72. The smallest absolute Gasteiger partial charge is 0.0136 e. The zero-order chi connectivity index (χ0) is 13.9. The van der Waals surface area contributed by atoms with Gasteiger partial charge >= 0.3 is 0 Å². The van der Waals surface area contributed by atoms with Crippen LogP contribution < -0.4 is 5.73 Å². The zero-order valence-corrected chi connectivity index (χ0v) is 12.7. The van der Waals surface area contributed by atoms with Crippen LogP contribution in [0, 0.1) is 5.92 Å². The number of likely N-dealkylation sites (N-methyl/N-ethyl adjacent to an activating group) is 1. The summed E-state index contributed by atoms with van der Waals surface area (Å²) in [4.78, 5) is 2.72. The van der Waals surface area contributed by atoms with Crippen LogP contribution in [0.1, 0.15) is 49.7 Å². The van der Waals surface area contributed by atoms with Crippen LogP contribution in [0.4, 0.5) is 0 Å². The quantitative estimate of drug-likeness (QED) is 0.892. The van der Waals surface area contributed by atoms with Crippen LogP contribution in [0.2, 0.25) is 0 Å². The molecule has 0 saturated heterocycles. The van der Waals surface area contributed by atoms with Crippen molar-refractivity contribution < 1.29 is 0 Å². The molecule has 2 nitrogen and oxygen atoms in total. The maximum atomic E-state index is 6.01. The van der Waals surface area contributed by atoms with Crippen molar-refractivity contribution >= 4 is 0 Å². The van der Waals surface area contributed by atoms with E-state index in [1.165, 1.54) is 45.2 Å². The van der Waals surface area contributed by atoms with Crippen molar-refractivity contribution in [3.63, 3.8) is 0 Å². The molecule has 2 heteroatoms. The van der Waals surface area contributed by atoms with Crippen molar-refractivity contribution in [2.24, 2.45) is 11.7 Å². The minimum Gasteiger partial charge on any atom is -0.330 e. The average molecular weight is 272 g/mol. The predicted octanol–water partition coefficient (Wildman–Crippen LogP) is 3.17. The Morgan fingerprint density at radius 2 is 2.00 bits per heavy atom. The van der Waals surface area contributed by atoms with E-state index in [2.05, 4.69) is 36.1 Å². The van der Waals surface area contributed by atoms with Gasteiger partial charge in [0.15, 0.2) is 0 Å². The maximum absolute atomic E-state index is 6.01. The van der Waals surface area contributed by atoms with E-state index in [9.17, 15) is 0 Å². The highest BCUT2D eigenvalue weighted by molar-refractivity contribution is 5.40. The Balaban J connectivity index is 1.66. The molecular formula is C18H28N2. The summed E-state index contributed by atoms with van der Waals surface area (Å²) in [7, 11) is 0. The molecule has 110 valence electrons. The van der Waals surface area contributed by atoms with E-state index in [-0.39, 0.29) is 0 Å². The van der Waals surface area contributed by atoms with E-state index < -0.39 is 0 Å². The summed E-state index contributed by atoms with van der Waals surface area (Å²) < 4.78 is 0. The Hall–Kier alpha value is -0.860. The largest absolute Gasteiger partial charge is 0.330 e. The molecule has 3 unspecified atom stereocenters. The van der Waals surface area contributed by atoms with Crippen molar-refractivity contribution in [3.8, 4) is 0 Å². The highest BCUT2D eigenvalue weighted by Gasteiger charge is 2.33. The molecule has 2 aliphatic carbocycles. The molecule has 1 aromatic carbocycles. The molecule has 0 aliphatic heterocycles. The van der Waals surface area contributed by atoms with Gasteiger partial charge in [0.2, 0.25) is 0 Å². The van der Waals surface area contributed by atoms with Crippen molar-refractivity contribution in [2.45, 2.75) is 51.0 Å². The van der Waals surface area contributed by atoms with E-state index >= 15 is 0 Å². The number of hydrogen-bond acceptors (Lipinski definition) is 2. The van der Waals surface area contributed by atoms with Crippen LogP contribution in [0.15, 0.2) is 24.3 Å². The van der Waals surface area contributed by atoms with E-state index in [1.807, 2.05) is 0 Å². The first-order valence-electron chi connectivity index (χ1n) is 8.35. The minimum atomic E-state index is 0.721. The first-order chi connectivity index (χ1) is 9.83. The predicted molar refractivity (Wildman–Crippen MR) is 84.9 cm³/mol. The zero-order valence-electron chi connectivity index (χ0n) is 12.7. The lowest BCUT2D eigenvalue weighted by Crippen LogP contribution is -2.47. The van der Waals surface area contributed by atoms with Crippen LogP contribution in [0.3, 0.4) is 0 Å². The number of benzene rings is 1. The Morgan fingerprint density at radius 1 is 1.20 bits per heavy atom. The fraction of sp³-hybridized carbons (Fsp3) is 0.667. The molecule has 20 heavy (non-hydrogen) atoms. The molecule has 0 aromatic heterocycles. The van der Waals surface area contributed by atoms with Gasteiger partial charge in [0, 0.05) is 18.5 Å². The number of fused-ring (bicyclic) bond motifs is 1.